The molecule has 2 N–H and O–H groups in total. The van der Waals surface area contributed by atoms with E-state index in [4.69, 9.17) is 5.11 Å². The average Bonchev–Trinajstić information content (AvgIpc) is 2.76. The molecular formula is C12H22N2O3. The number of hydrogen-bond donors (Lipinski definition) is 2. The lowest BCUT2D eigenvalue weighted by atomic mass is 10.1. The smallest absolute Gasteiger partial charge is 0.307 e. The molecule has 2 atom stereocenters. The Morgan fingerprint density at radius 1 is 1.29 bits per heavy atom. The van der Waals surface area contributed by atoms with Crippen molar-refractivity contribution in [2.75, 3.05) is 27.2 Å². The van der Waals surface area contributed by atoms with Gasteiger partial charge in [0.2, 0.25) is 5.91 Å². The average molecular weight is 242 g/mol. The van der Waals surface area contributed by atoms with Gasteiger partial charge in [-0.3, -0.25) is 9.59 Å². The second kappa shape index (κ2) is 5.04. The van der Waals surface area contributed by atoms with Gasteiger partial charge in [-0.05, 0) is 32.5 Å². The van der Waals surface area contributed by atoms with Gasteiger partial charge in [0, 0.05) is 6.54 Å². The Morgan fingerprint density at radius 3 is 2.29 bits per heavy atom. The maximum absolute atomic E-state index is 11.8. The van der Waals surface area contributed by atoms with Gasteiger partial charge < -0.3 is 15.3 Å². The Balaban J connectivity index is 2.33. The maximum Gasteiger partial charge on any atom is 0.307 e. The molecule has 0 aliphatic heterocycles. The van der Waals surface area contributed by atoms with Gasteiger partial charge in [-0.1, -0.05) is 13.8 Å². The van der Waals surface area contributed by atoms with Gasteiger partial charge in [-0.15, -0.1) is 0 Å². The lowest BCUT2D eigenvalue weighted by Crippen LogP contribution is -2.30. The van der Waals surface area contributed by atoms with Gasteiger partial charge in [-0.2, -0.15) is 0 Å². The fourth-order valence-corrected chi connectivity index (χ4v) is 2.30. The predicted molar refractivity (Wildman–Crippen MR) is 64.6 cm³/mol. The lowest BCUT2D eigenvalue weighted by Gasteiger charge is -2.10. The van der Waals surface area contributed by atoms with Crippen molar-refractivity contribution >= 4 is 11.9 Å². The molecule has 0 radical (unpaired) electrons. The van der Waals surface area contributed by atoms with E-state index in [1.165, 1.54) is 0 Å². The van der Waals surface area contributed by atoms with Crippen molar-refractivity contribution in [2.45, 2.75) is 20.3 Å². The second-order valence-electron chi connectivity index (χ2n) is 5.56. The molecule has 1 aliphatic rings. The van der Waals surface area contributed by atoms with E-state index in [0.717, 1.165) is 13.0 Å². The number of carbonyl (C=O) groups excluding carboxylic acids is 1. The summed E-state index contributed by atoms with van der Waals surface area (Å²) < 4.78 is 0. The van der Waals surface area contributed by atoms with Gasteiger partial charge in [0.1, 0.15) is 0 Å². The minimum atomic E-state index is -0.872. The number of amides is 1. The SMILES string of the molecule is CN(C)CCCNC(=O)C1C(C(=O)O)C1(C)C. The fourth-order valence-electron chi connectivity index (χ4n) is 2.30. The third kappa shape index (κ3) is 3.19. The molecular weight excluding hydrogens is 220 g/mol. The van der Waals surface area contributed by atoms with Crippen molar-refractivity contribution in [3.05, 3.63) is 0 Å². The van der Waals surface area contributed by atoms with Crippen molar-refractivity contribution in [3.8, 4) is 0 Å². The largest absolute Gasteiger partial charge is 0.481 e. The minimum Gasteiger partial charge on any atom is -0.481 e. The summed E-state index contributed by atoms with van der Waals surface area (Å²) in [6.45, 7) is 5.18. The van der Waals surface area contributed by atoms with E-state index >= 15 is 0 Å². The van der Waals surface area contributed by atoms with Crippen LogP contribution in [0.2, 0.25) is 0 Å². The monoisotopic (exact) mass is 242 g/mol. The molecule has 98 valence electrons. The first kappa shape index (κ1) is 14.0. The highest BCUT2D eigenvalue weighted by Crippen LogP contribution is 2.58. The van der Waals surface area contributed by atoms with Crippen LogP contribution in [0.3, 0.4) is 0 Å². The van der Waals surface area contributed by atoms with Gasteiger partial charge in [0.05, 0.1) is 11.8 Å². The first-order chi connectivity index (χ1) is 7.78. The number of hydrogen-bond acceptors (Lipinski definition) is 3. The summed E-state index contributed by atoms with van der Waals surface area (Å²) in [7, 11) is 3.96. The first-order valence-corrected chi connectivity index (χ1v) is 5.93. The summed E-state index contributed by atoms with van der Waals surface area (Å²) in [4.78, 5) is 24.8. The standard InChI is InChI=1S/C12H22N2O3/c1-12(2)8(9(12)11(16)17)10(15)13-6-5-7-14(3)4/h8-9H,5-7H2,1-4H3,(H,13,15)(H,16,17). The molecule has 0 spiro atoms. The highest BCUT2D eigenvalue weighted by Gasteiger charge is 2.65. The number of nitrogens with one attached hydrogen (secondary N) is 1. The zero-order valence-corrected chi connectivity index (χ0v) is 11.0. The molecule has 1 amide bonds. The van der Waals surface area contributed by atoms with E-state index in [2.05, 4.69) is 5.32 Å². The van der Waals surface area contributed by atoms with E-state index < -0.39 is 17.3 Å². The quantitative estimate of drug-likeness (QED) is 0.662. The van der Waals surface area contributed by atoms with E-state index in [0.29, 0.717) is 6.54 Å². The molecule has 17 heavy (non-hydrogen) atoms. The Bertz CT molecular complexity index is 313. The van der Waals surface area contributed by atoms with Crippen LogP contribution in [0.15, 0.2) is 0 Å². The third-order valence-corrected chi connectivity index (χ3v) is 3.46. The molecule has 1 saturated carbocycles. The number of rotatable bonds is 6. The summed E-state index contributed by atoms with van der Waals surface area (Å²) >= 11 is 0. The minimum absolute atomic E-state index is 0.124. The maximum atomic E-state index is 11.8. The molecule has 0 bridgehead atoms. The van der Waals surface area contributed by atoms with Crippen LogP contribution in [0.1, 0.15) is 20.3 Å². The normalized spacial score (nSPS) is 25.7. The van der Waals surface area contributed by atoms with Crippen LogP contribution < -0.4 is 5.32 Å². The molecule has 1 aliphatic carbocycles. The number of carbonyl (C=O) groups is 2. The number of carboxylic acids is 1. The summed E-state index contributed by atoms with van der Waals surface area (Å²) in [5.74, 6) is -1.90. The van der Waals surface area contributed by atoms with Gasteiger partial charge in [0.25, 0.3) is 0 Å². The lowest BCUT2D eigenvalue weighted by molar-refractivity contribution is -0.140. The number of carboxylic acid groups (broad SMARTS) is 1. The molecule has 0 heterocycles. The van der Waals surface area contributed by atoms with Crippen LogP contribution >= 0.6 is 0 Å². The summed E-state index contributed by atoms with van der Waals surface area (Å²) in [5.41, 5.74) is -0.405. The highest BCUT2D eigenvalue weighted by atomic mass is 16.4. The van der Waals surface area contributed by atoms with Gasteiger partial charge in [-0.25, -0.2) is 0 Å². The Morgan fingerprint density at radius 2 is 1.88 bits per heavy atom. The van der Waals surface area contributed by atoms with Crippen molar-refractivity contribution in [1.82, 2.24) is 10.2 Å². The molecule has 1 fully saturated rings. The van der Waals surface area contributed by atoms with E-state index in [1.54, 1.807) is 0 Å². The van der Waals surface area contributed by atoms with Gasteiger partial charge >= 0.3 is 5.97 Å². The second-order valence-corrected chi connectivity index (χ2v) is 5.56. The van der Waals surface area contributed by atoms with E-state index in [1.807, 2.05) is 32.8 Å². The Kier molecular flexibility index (Phi) is 4.14. The van der Waals surface area contributed by atoms with Crippen LogP contribution in [0.4, 0.5) is 0 Å². The van der Waals surface area contributed by atoms with Crippen LogP contribution in [0.25, 0.3) is 0 Å². The molecule has 0 aromatic carbocycles. The first-order valence-electron chi connectivity index (χ1n) is 5.93. The summed E-state index contributed by atoms with van der Waals surface area (Å²) in [5, 5.41) is 11.8. The summed E-state index contributed by atoms with van der Waals surface area (Å²) in [6.07, 6.45) is 0.879. The van der Waals surface area contributed by atoms with Crippen LogP contribution in [-0.4, -0.2) is 49.1 Å². The number of aliphatic carboxylic acids is 1. The Hall–Kier alpha value is -1.10. The molecule has 0 saturated heterocycles. The van der Waals surface area contributed by atoms with Crippen molar-refractivity contribution in [3.63, 3.8) is 0 Å². The predicted octanol–water partition coefficient (Wildman–Crippen LogP) is 0.411. The summed E-state index contributed by atoms with van der Waals surface area (Å²) in [6, 6.07) is 0. The van der Waals surface area contributed by atoms with E-state index in [-0.39, 0.29) is 11.8 Å². The number of nitrogens with zero attached hydrogens (tertiary/aromatic N) is 1. The topological polar surface area (TPSA) is 69.6 Å². The molecule has 0 aromatic heterocycles. The van der Waals surface area contributed by atoms with Gasteiger partial charge in [0.15, 0.2) is 0 Å². The Labute approximate surface area is 102 Å². The van der Waals surface area contributed by atoms with E-state index in [9.17, 15) is 9.59 Å². The molecule has 1 rings (SSSR count). The zero-order valence-electron chi connectivity index (χ0n) is 11.0. The molecule has 5 nitrogen and oxygen atoms in total. The molecule has 5 heteroatoms. The van der Waals surface area contributed by atoms with Crippen LogP contribution in [0, 0.1) is 17.3 Å². The van der Waals surface area contributed by atoms with Crippen LogP contribution in [-0.2, 0) is 9.59 Å². The molecule has 2 unspecified atom stereocenters. The molecule has 0 aromatic rings. The zero-order chi connectivity index (χ0) is 13.2. The fraction of sp³-hybridized carbons (Fsp3) is 0.833. The van der Waals surface area contributed by atoms with Crippen molar-refractivity contribution < 1.29 is 14.7 Å². The third-order valence-electron chi connectivity index (χ3n) is 3.46. The van der Waals surface area contributed by atoms with Crippen LogP contribution in [0.5, 0.6) is 0 Å². The van der Waals surface area contributed by atoms with Crippen molar-refractivity contribution in [2.24, 2.45) is 17.3 Å². The highest BCUT2D eigenvalue weighted by molar-refractivity contribution is 5.91. The van der Waals surface area contributed by atoms with Crippen molar-refractivity contribution in [1.29, 1.82) is 0 Å².